The van der Waals surface area contributed by atoms with Crippen LogP contribution < -0.4 is 11.1 Å². The summed E-state index contributed by atoms with van der Waals surface area (Å²) in [5, 5.41) is 2.95. The topological polar surface area (TPSA) is 55.1 Å². The van der Waals surface area contributed by atoms with Gasteiger partial charge in [0.25, 0.3) is 0 Å². The van der Waals surface area contributed by atoms with E-state index in [1.165, 1.54) is 0 Å². The number of amides is 1. The lowest BCUT2D eigenvalue weighted by Gasteiger charge is -2.15. The molecule has 0 bridgehead atoms. The van der Waals surface area contributed by atoms with E-state index in [4.69, 9.17) is 12.2 Å². The molecule has 0 radical (unpaired) electrons. The van der Waals surface area contributed by atoms with E-state index >= 15 is 0 Å². The molecule has 3 heteroatoms. The van der Waals surface area contributed by atoms with Crippen molar-refractivity contribution in [2.24, 2.45) is 11.7 Å². The first-order valence-corrected chi connectivity index (χ1v) is 6.06. The van der Waals surface area contributed by atoms with Crippen LogP contribution in [0, 0.1) is 18.3 Å². The number of carbonyl (C=O) groups excluding carboxylic acids is 1. The molecule has 0 heterocycles. The van der Waals surface area contributed by atoms with Gasteiger partial charge in [-0.15, -0.1) is 12.3 Å². The number of nitrogens with two attached hydrogens (primary N) is 1. The summed E-state index contributed by atoms with van der Waals surface area (Å²) in [6.07, 6.45) is 9.17. The van der Waals surface area contributed by atoms with Gasteiger partial charge in [0, 0.05) is 18.9 Å². The zero-order chi connectivity index (χ0) is 12.4. The quantitative estimate of drug-likeness (QED) is 0.616. The maximum absolute atomic E-state index is 11.6. The van der Waals surface area contributed by atoms with Crippen LogP contribution in [0.4, 0.5) is 0 Å². The SMILES string of the molecule is C#CCC(CC)NC(=O)CCC(C)CCN. The van der Waals surface area contributed by atoms with Crippen LogP contribution in [-0.2, 0) is 4.79 Å². The van der Waals surface area contributed by atoms with Crippen molar-refractivity contribution in [1.82, 2.24) is 5.32 Å². The van der Waals surface area contributed by atoms with Gasteiger partial charge in [0.15, 0.2) is 0 Å². The van der Waals surface area contributed by atoms with Gasteiger partial charge in [-0.05, 0) is 31.7 Å². The minimum Gasteiger partial charge on any atom is -0.352 e. The Balaban J connectivity index is 3.76. The molecule has 0 fully saturated rings. The Bertz CT molecular complexity index is 233. The molecule has 0 aliphatic heterocycles. The molecule has 0 aliphatic rings. The van der Waals surface area contributed by atoms with E-state index in [1.807, 2.05) is 6.92 Å². The van der Waals surface area contributed by atoms with Crippen molar-refractivity contribution in [3.8, 4) is 12.3 Å². The second-order valence-corrected chi connectivity index (χ2v) is 4.30. The predicted molar refractivity (Wildman–Crippen MR) is 67.7 cm³/mol. The van der Waals surface area contributed by atoms with Crippen LogP contribution in [0.5, 0.6) is 0 Å². The van der Waals surface area contributed by atoms with E-state index < -0.39 is 0 Å². The second-order valence-electron chi connectivity index (χ2n) is 4.30. The van der Waals surface area contributed by atoms with Crippen LogP contribution in [-0.4, -0.2) is 18.5 Å². The Hall–Kier alpha value is -1.01. The number of rotatable bonds is 8. The van der Waals surface area contributed by atoms with E-state index in [0.717, 1.165) is 19.3 Å². The molecule has 0 aromatic heterocycles. The van der Waals surface area contributed by atoms with Crippen LogP contribution in [0.2, 0.25) is 0 Å². The van der Waals surface area contributed by atoms with Crippen molar-refractivity contribution in [2.45, 2.75) is 52.0 Å². The molecule has 2 atom stereocenters. The molecule has 0 aromatic carbocycles. The number of carbonyl (C=O) groups is 1. The molecule has 3 N–H and O–H groups in total. The third kappa shape index (κ3) is 7.30. The fourth-order valence-electron chi connectivity index (χ4n) is 1.55. The predicted octanol–water partition coefficient (Wildman–Crippen LogP) is 1.67. The van der Waals surface area contributed by atoms with E-state index in [9.17, 15) is 4.79 Å². The summed E-state index contributed by atoms with van der Waals surface area (Å²) in [5.74, 6) is 3.20. The van der Waals surface area contributed by atoms with Gasteiger partial charge in [0.2, 0.25) is 5.91 Å². The van der Waals surface area contributed by atoms with Gasteiger partial charge >= 0.3 is 0 Å². The highest BCUT2D eigenvalue weighted by atomic mass is 16.1. The first-order valence-electron chi connectivity index (χ1n) is 6.06. The Morgan fingerprint density at radius 1 is 1.50 bits per heavy atom. The second kappa shape index (κ2) is 9.23. The minimum atomic E-state index is 0.103. The molecule has 92 valence electrons. The van der Waals surface area contributed by atoms with Crippen molar-refractivity contribution >= 4 is 5.91 Å². The number of hydrogen-bond acceptors (Lipinski definition) is 2. The standard InChI is InChI=1S/C13H24N2O/c1-4-6-12(5-2)15-13(16)8-7-11(3)9-10-14/h1,11-12H,5-10,14H2,2-3H3,(H,15,16). The third-order valence-corrected chi connectivity index (χ3v) is 2.75. The third-order valence-electron chi connectivity index (χ3n) is 2.75. The summed E-state index contributed by atoms with van der Waals surface area (Å²) < 4.78 is 0. The van der Waals surface area contributed by atoms with Crippen molar-refractivity contribution < 1.29 is 4.79 Å². The zero-order valence-electron chi connectivity index (χ0n) is 10.5. The normalized spacial score (nSPS) is 13.9. The minimum absolute atomic E-state index is 0.103. The van der Waals surface area contributed by atoms with Crippen LogP contribution in [0.3, 0.4) is 0 Å². The molecule has 0 aromatic rings. The smallest absolute Gasteiger partial charge is 0.220 e. The molecule has 0 rings (SSSR count). The number of nitrogens with one attached hydrogen (secondary N) is 1. The highest BCUT2D eigenvalue weighted by Crippen LogP contribution is 2.09. The zero-order valence-corrected chi connectivity index (χ0v) is 10.5. The summed E-state index contributed by atoms with van der Waals surface area (Å²) >= 11 is 0. The van der Waals surface area contributed by atoms with Crippen LogP contribution in [0.15, 0.2) is 0 Å². The van der Waals surface area contributed by atoms with E-state index in [-0.39, 0.29) is 11.9 Å². The summed E-state index contributed by atoms with van der Waals surface area (Å²) in [7, 11) is 0. The molecule has 2 unspecified atom stereocenters. The van der Waals surface area contributed by atoms with Crippen molar-refractivity contribution in [3.05, 3.63) is 0 Å². The summed E-state index contributed by atoms with van der Waals surface area (Å²) in [6, 6.07) is 0.127. The molecular weight excluding hydrogens is 200 g/mol. The largest absolute Gasteiger partial charge is 0.352 e. The average Bonchev–Trinajstić information content (AvgIpc) is 2.26. The average molecular weight is 224 g/mol. The maximum atomic E-state index is 11.6. The lowest BCUT2D eigenvalue weighted by molar-refractivity contribution is -0.122. The maximum Gasteiger partial charge on any atom is 0.220 e. The van der Waals surface area contributed by atoms with Gasteiger partial charge < -0.3 is 11.1 Å². The highest BCUT2D eigenvalue weighted by molar-refractivity contribution is 5.76. The van der Waals surface area contributed by atoms with Crippen LogP contribution in [0.1, 0.15) is 46.0 Å². The Morgan fingerprint density at radius 3 is 2.69 bits per heavy atom. The lowest BCUT2D eigenvalue weighted by atomic mass is 10.0. The lowest BCUT2D eigenvalue weighted by Crippen LogP contribution is -2.34. The van der Waals surface area contributed by atoms with Gasteiger partial charge in [0.05, 0.1) is 0 Å². The molecule has 0 saturated carbocycles. The molecule has 16 heavy (non-hydrogen) atoms. The van der Waals surface area contributed by atoms with Crippen molar-refractivity contribution in [3.63, 3.8) is 0 Å². The van der Waals surface area contributed by atoms with Gasteiger partial charge in [0.1, 0.15) is 0 Å². The Morgan fingerprint density at radius 2 is 2.19 bits per heavy atom. The summed E-state index contributed by atoms with van der Waals surface area (Å²) in [6.45, 7) is 4.84. The molecule has 1 amide bonds. The first-order chi connectivity index (χ1) is 7.63. The molecule has 3 nitrogen and oxygen atoms in total. The number of hydrogen-bond donors (Lipinski definition) is 2. The monoisotopic (exact) mass is 224 g/mol. The summed E-state index contributed by atoms with van der Waals surface area (Å²) in [4.78, 5) is 11.6. The molecule has 0 spiro atoms. The van der Waals surface area contributed by atoms with E-state index in [0.29, 0.717) is 25.3 Å². The molecule has 0 aliphatic carbocycles. The van der Waals surface area contributed by atoms with E-state index in [2.05, 4.69) is 18.2 Å². The van der Waals surface area contributed by atoms with Gasteiger partial charge in [-0.25, -0.2) is 0 Å². The van der Waals surface area contributed by atoms with Crippen molar-refractivity contribution in [1.29, 1.82) is 0 Å². The van der Waals surface area contributed by atoms with Crippen LogP contribution in [0.25, 0.3) is 0 Å². The van der Waals surface area contributed by atoms with Gasteiger partial charge in [-0.2, -0.15) is 0 Å². The van der Waals surface area contributed by atoms with Gasteiger partial charge in [-0.1, -0.05) is 13.8 Å². The van der Waals surface area contributed by atoms with Gasteiger partial charge in [-0.3, -0.25) is 4.79 Å². The number of terminal acetylenes is 1. The molecule has 0 saturated heterocycles. The van der Waals surface area contributed by atoms with Crippen LogP contribution >= 0.6 is 0 Å². The summed E-state index contributed by atoms with van der Waals surface area (Å²) in [5.41, 5.74) is 5.45. The molecular formula is C13H24N2O. The Labute approximate surface area is 99.2 Å². The Kier molecular flexibility index (Phi) is 8.65. The fourth-order valence-corrected chi connectivity index (χ4v) is 1.55. The first kappa shape index (κ1) is 15.0. The fraction of sp³-hybridized carbons (Fsp3) is 0.769. The highest BCUT2D eigenvalue weighted by Gasteiger charge is 2.10. The van der Waals surface area contributed by atoms with E-state index in [1.54, 1.807) is 0 Å². The van der Waals surface area contributed by atoms with Crippen molar-refractivity contribution in [2.75, 3.05) is 6.54 Å².